The van der Waals surface area contributed by atoms with Crippen LogP contribution in [0.5, 0.6) is 0 Å². The topological polar surface area (TPSA) is 25.2 Å². The molecule has 0 bridgehead atoms. The van der Waals surface area contributed by atoms with E-state index in [2.05, 4.69) is 41.7 Å². The first-order valence-electron chi connectivity index (χ1n) is 5.66. The maximum atomic E-state index is 5.14. The molecule has 0 radical (unpaired) electrons. The second kappa shape index (κ2) is 3.80. The van der Waals surface area contributed by atoms with Gasteiger partial charge < -0.3 is 9.73 Å². The van der Waals surface area contributed by atoms with Gasteiger partial charge in [-0.15, -0.1) is 0 Å². The van der Waals surface area contributed by atoms with Crippen LogP contribution in [0.3, 0.4) is 0 Å². The van der Waals surface area contributed by atoms with Crippen molar-refractivity contribution in [3.63, 3.8) is 0 Å². The van der Waals surface area contributed by atoms with Gasteiger partial charge in [-0.1, -0.05) is 30.3 Å². The minimum absolute atomic E-state index is 0.269. The van der Waals surface area contributed by atoms with E-state index in [4.69, 9.17) is 4.42 Å². The molecule has 1 aromatic heterocycles. The van der Waals surface area contributed by atoms with Gasteiger partial charge in [-0.2, -0.15) is 0 Å². The molecule has 0 saturated carbocycles. The molecule has 1 fully saturated rings. The van der Waals surface area contributed by atoms with Gasteiger partial charge in [0.1, 0.15) is 0 Å². The van der Waals surface area contributed by atoms with Crippen LogP contribution in [-0.2, 0) is 11.8 Å². The number of rotatable bonds is 3. The summed E-state index contributed by atoms with van der Waals surface area (Å²) < 4.78 is 5.14. The summed E-state index contributed by atoms with van der Waals surface area (Å²) in [7, 11) is 0. The molecule has 2 heterocycles. The third kappa shape index (κ3) is 1.55. The molecular weight excluding hydrogens is 198 g/mol. The molecule has 0 unspecified atom stereocenters. The van der Waals surface area contributed by atoms with Gasteiger partial charge in [0.15, 0.2) is 0 Å². The van der Waals surface area contributed by atoms with Crippen LogP contribution < -0.4 is 5.32 Å². The predicted molar refractivity (Wildman–Crippen MR) is 63.4 cm³/mol. The Labute approximate surface area is 95.3 Å². The standard InChI is InChI=1S/C14H15NO/c1-2-4-13(5-3-1)14(10-15-11-14)8-12-6-7-16-9-12/h1-7,9,15H,8,10-11H2. The molecule has 2 aromatic rings. The lowest BCUT2D eigenvalue weighted by Crippen LogP contribution is -2.58. The Bertz CT molecular complexity index is 443. The minimum atomic E-state index is 0.269. The molecule has 0 spiro atoms. The van der Waals surface area contributed by atoms with E-state index in [0.717, 1.165) is 19.5 Å². The van der Waals surface area contributed by atoms with E-state index >= 15 is 0 Å². The molecule has 3 rings (SSSR count). The first-order chi connectivity index (χ1) is 7.89. The molecule has 1 aromatic carbocycles. The number of hydrogen-bond donors (Lipinski definition) is 1. The largest absolute Gasteiger partial charge is 0.472 e. The Morgan fingerprint density at radius 1 is 1.12 bits per heavy atom. The molecule has 82 valence electrons. The van der Waals surface area contributed by atoms with Crippen molar-refractivity contribution in [3.05, 3.63) is 60.1 Å². The van der Waals surface area contributed by atoms with Crippen molar-refractivity contribution in [3.8, 4) is 0 Å². The summed E-state index contributed by atoms with van der Waals surface area (Å²) in [5.41, 5.74) is 2.98. The van der Waals surface area contributed by atoms with Crippen molar-refractivity contribution < 1.29 is 4.42 Å². The lowest BCUT2D eigenvalue weighted by atomic mass is 9.71. The number of benzene rings is 1. The monoisotopic (exact) mass is 213 g/mol. The first-order valence-corrected chi connectivity index (χ1v) is 5.66. The molecule has 2 heteroatoms. The zero-order valence-electron chi connectivity index (χ0n) is 9.15. The fourth-order valence-electron chi connectivity index (χ4n) is 2.43. The van der Waals surface area contributed by atoms with Crippen molar-refractivity contribution in [2.75, 3.05) is 13.1 Å². The minimum Gasteiger partial charge on any atom is -0.472 e. The average molecular weight is 213 g/mol. The Balaban J connectivity index is 1.89. The third-order valence-corrected chi connectivity index (χ3v) is 3.44. The normalized spacial score (nSPS) is 18.0. The summed E-state index contributed by atoms with van der Waals surface area (Å²) in [5, 5.41) is 3.38. The van der Waals surface area contributed by atoms with E-state index in [1.54, 1.807) is 6.26 Å². The average Bonchev–Trinajstić information content (AvgIpc) is 2.77. The van der Waals surface area contributed by atoms with Gasteiger partial charge in [-0.3, -0.25) is 0 Å². The Kier molecular flexibility index (Phi) is 2.29. The lowest BCUT2D eigenvalue weighted by molar-refractivity contribution is 0.274. The van der Waals surface area contributed by atoms with Crippen molar-refractivity contribution in [1.82, 2.24) is 5.32 Å². The van der Waals surface area contributed by atoms with E-state index < -0.39 is 0 Å². The molecule has 0 aliphatic carbocycles. The van der Waals surface area contributed by atoms with E-state index in [0.29, 0.717) is 0 Å². The zero-order chi connectivity index (χ0) is 10.8. The third-order valence-electron chi connectivity index (χ3n) is 3.44. The van der Waals surface area contributed by atoms with Crippen LogP contribution in [0.1, 0.15) is 11.1 Å². The van der Waals surface area contributed by atoms with Crippen LogP contribution in [0.15, 0.2) is 53.3 Å². The van der Waals surface area contributed by atoms with Crippen LogP contribution in [0, 0.1) is 0 Å². The van der Waals surface area contributed by atoms with Gasteiger partial charge in [-0.05, 0) is 23.6 Å². The highest BCUT2D eigenvalue weighted by Crippen LogP contribution is 2.32. The van der Waals surface area contributed by atoms with Crippen molar-refractivity contribution in [1.29, 1.82) is 0 Å². The fourth-order valence-corrected chi connectivity index (χ4v) is 2.43. The second-order valence-corrected chi connectivity index (χ2v) is 4.56. The quantitative estimate of drug-likeness (QED) is 0.846. The molecular formula is C14H15NO. The maximum Gasteiger partial charge on any atom is 0.0934 e. The van der Waals surface area contributed by atoms with Gasteiger partial charge in [0.25, 0.3) is 0 Å². The van der Waals surface area contributed by atoms with Crippen LogP contribution >= 0.6 is 0 Å². The van der Waals surface area contributed by atoms with Gasteiger partial charge in [0.05, 0.1) is 12.5 Å². The highest BCUT2D eigenvalue weighted by molar-refractivity contribution is 5.32. The summed E-state index contributed by atoms with van der Waals surface area (Å²) in [6.07, 6.45) is 4.66. The second-order valence-electron chi connectivity index (χ2n) is 4.56. The van der Waals surface area contributed by atoms with Crippen molar-refractivity contribution in [2.45, 2.75) is 11.8 Å². The van der Waals surface area contributed by atoms with E-state index in [-0.39, 0.29) is 5.41 Å². The van der Waals surface area contributed by atoms with Crippen LogP contribution in [0.2, 0.25) is 0 Å². The predicted octanol–water partition coefficient (Wildman–Crippen LogP) is 2.36. The number of nitrogens with one attached hydrogen (secondary N) is 1. The Hall–Kier alpha value is -1.54. The van der Waals surface area contributed by atoms with E-state index in [1.165, 1.54) is 11.1 Å². The molecule has 0 atom stereocenters. The van der Waals surface area contributed by atoms with E-state index in [9.17, 15) is 0 Å². The van der Waals surface area contributed by atoms with Gasteiger partial charge in [0, 0.05) is 18.5 Å². The zero-order valence-corrected chi connectivity index (χ0v) is 9.15. The summed E-state index contributed by atoms with van der Waals surface area (Å²) in [6, 6.07) is 12.8. The van der Waals surface area contributed by atoms with Gasteiger partial charge in [0.2, 0.25) is 0 Å². The molecule has 0 amide bonds. The summed E-state index contributed by atoms with van der Waals surface area (Å²) in [6.45, 7) is 2.12. The summed E-state index contributed by atoms with van der Waals surface area (Å²) in [5.74, 6) is 0. The van der Waals surface area contributed by atoms with Gasteiger partial charge >= 0.3 is 0 Å². The molecule has 1 aliphatic rings. The fraction of sp³-hybridized carbons (Fsp3) is 0.286. The molecule has 16 heavy (non-hydrogen) atoms. The highest BCUT2D eigenvalue weighted by atomic mass is 16.3. The summed E-state index contributed by atoms with van der Waals surface area (Å²) >= 11 is 0. The lowest BCUT2D eigenvalue weighted by Gasteiger charge is -2.43. The van der Waals surface area contributed by atoms with Crippen LogP contribution in [0.4, 0.5) is 0 Å². The van der Waals surface area contributed by atoms with Crippen LogP contribution in [0.25, 0.3) is 0 Å². The molecule has 1 aliphatic heterocycles. The first kappa shape index (κ1) is 9.67. The van der Waals surface area contributed by atoms with E-state index in [1.807, 2.05) is 6.26 Å². The maximum absolute atomic E-state index is 5.14. The SMILES string of the molecule is c1ccc(C2(Cc3ccoc3)CNC2)cc1. The molecule has 2 nitrogen and oxygen atoms in total. The Morgan fingerprint density at radius 2 is 1.94 bits per heavy atom. The van der Waals surface area contributed by atoms with Crippen molar-refractivity contribution in [2.24, 2.45) is 0 Å². The Morgan fingerprint density at radius 3 is 2.50 bits per heavy atom. The van der Waals surface area contributed by atoms with Crippen LogP contribution in [-0.4, -0.2) is 13.1 Å². The van der Waals surface area contributed by atoms with Gasteiger partial charge in [-0.25, -0.2) is 0 Å². The molecule has 1 N–H and O–H groups in total. The number of hydrogen-bond acceptors (Lipinski definition) is 2. The molecule has 1 saturated heterocycles. The number of furan rings is 1. The van der Waals surface area contributed by atoms with Crippen molar-refractivity contribution >= 4 is 0 Å². The summed E-state index contributed by atoms with van der Waals surface area (Å²) in [4.78, 5) is 0. The smallest absolute Gasteiger partial charge is 0.0934 e. The highest BCUT2D eigenvalue weighted by Gasteiger charge is 2.38.